The molecule has 0 aliphatic rings. The van der Waals surface area contributed by atoms with Gasteiger partial charge in [-0.25, -0.2) is 4.68 Å². The summed E-state index contributed by atoms with van der Waals surface area (Å²) in [5.41, 5.74) is 7.21. The van der Waals surface area contributed by atoms with E-state index >= 15 is 0 Å². The third-order valence-corrected chi connectivity index (χ3v) is 2.49. The fourth-order valence-electron chi connectivity index (χ4n) is 1.56. The summed E-state index contributed by atoms with van der Waals surface area (Å²) in [6.07, 6.45) is 2.05. The van der Waals surface area contributed by atoms with Crippen molar-refractivity contribution in [3.8, 4) is 5.69 Å². The number of methoxy groups -OCH3 is 1. The summed E-state index contributed by atoms with van der Waals surface area (Å²) >= 11 is 0. The van der Waals surface area contributed by atoms with Gasteiger partial charge in [0.2, 0.25) is 0 Å². The topological polar surface area (TPSA) is 83.0 Å². The van der Waals surface area contributed by atoms with E-state index in [1.54, 1.807) is 10.9 Å². The van der Waals surface area contributed by atoms with Crippen molar-refractivity contribution in [1.82, 2.24) is 15.0 Å². The van der Waals surface area contributed by atoms with E-state index in [-0.39, 0.29) is 0 Å². The molecule has 0 aliphatic carbocycles. The summed E-state index contributed by atoms with van der Waals surface area (Å²) < 4.78 is 6.19. The quantitative estimate of drug-likeness (QED) is 0.785. The molecule has 18 heavy (non-hydrogen) atoms. The van der Waals surface area contributed by atoms with Crippen LogP contribution in [0.25, 0.3) is 5.69 Å². The molecule has 0 saturated heterocycles. The number of rotatable bonds is 4. The first-order chi connectivity index (χ1) is 8.70. The van der Waals surface area contributed by atoms with E-state index in [2.05, 4.69) is 15.0 Å². The number of benzene rings is 1. The Labute approximate surface area is 104 Å². The summed E-state index contributed by atoms with van der Waals surface area (Å²) in [4.78, 5) is 11.2. The van der Waals surface area contributed by atoms with Gasteiger partial charge in [-0.1, -0.05) is 23.4 Å². The maximum atomic E-state index is 11.2. The number of esters is 1. The average molecular weight is 246 g/mol. The van der Waals surface area contributed by atoms with Crippen molar-refractivity contribution in [1.29, 1.82) is 0 Å². The number of ether oxygens (including phenoxy) is 1. The number of aromatic nitrogens is 3. The van der Waals surface area contributed by atoms with E-state index in [0.29, 0.717) is 12.1 Å². The first-order valence-electron chi connectivity index (χ1n) is 5.51. The Morgan fingerprint density at radius 3 is 2.83 bits per heavy atom. The van der Waals surface area contributed by atoms with E-state index in [1.165, 1.54) is 7.11 Å². The van der Waals surface area contributed by atoms with E-state index in [4.69, 9.17) is 5.73 Å². The molecular formula is C12H14N4O2. The lowest BCUT2D eigenvalue weighted by Crippen LogP contribution is -2.33. The fraction of sp³-hybridized carbons (Fsp3) is 0.250. The molecule has 6 heteroatoms. The molecule has 0 amide bonds. The van der Waals surface area contributed by atoms with Crippen LogP contribution in [0.4, 0.5) is 0 Å². The summed E-state index contributed by atoms with van der Waals surface area (Å²) in [6.45, 7) is 0. The maximum absolute atomic E-state index is 11.2. The molecule has 0 aliphatic heterocycles. The monoisotopic (exact) mass is 246 g/mol. The van der Waals surface area contributed by atoms with Crippen molar-refractivity contribution in [3.05, 3.63) is 42.2 Å². The van der Waals surface area contributed by atoms with Crippen LogP contribution in [0.2, 0.25) is 0 Å². The van der Waals surface area contributed by atoms with Crippen LogP contribution < -0.4 is 5.73 Å². The normalized spacial score (nSPS) is 12.1. The number of hydrogen-bond donors (Lipinski definition) is 1. The SMILES string of the molecule is COC(=O)C(N)Cc1cn(-c2ccccc2)nn1. The number of para-hydroxylation sites is 1. The molecule has 2 N–H and O–H groups in total. The third-order valence-electron chi connectivity index (χ3n) is 2.49. The summed E-state index contributed by atoms with van der Waals surface area (Å²) in [6, 6.07) is 8.87. The molecule has 94 valence electrons. The Hall–Kier alpha value is -2.21. The minimum Gasteiger partial charge on any atom is -0.468 e. The highest BCUT2D eigenvalue weighted by molar-refractivity contribution is 5.75. The van der Waals surface area contributed by atoms with Gasteiger partial charge >= 0.3 is 5.97 Å². The van der Waals surface area contributed by atoms with Crippen molar-refractivity contribution in [2.75, 3.05) is 7.11 Å². The molecule has 0 spiro atoms. The highest BCUT2D eigenvalue weighted by atomic mass is 16.5. The van der Waals surface area contributed by atoms with Gasteiger partial charge < -0.3 is 10.5 Å². The summed E-state index contributed by atoms with van der Waals surface area (Å²) in [5, 5.41) is 7.96. The smallest absolute Gasteiger partial charge is 0.323 e. The number of nitrogens with two attached hydrogens (primary N) is 1. The van der Waals surface area contributed by atoms with Crippen LogP contribution in [-0.2, 0) is 16.0 Å². The molecule has 1 aromatic heterocycles. The molecule has 0 saturated carbocycles. The standard InChI is InChI=1S/C12H14N4O2/c1-18-12(17)11(13)7-9-8-16(15-14-9)10-5-3-2-4-6-10/h2-6,8,11H,7,13H2,1H3. The first kappa shape index (κ1) is 12.3. The molecule has 2 rings (SSSR count). The number of carbonyl (C=O) groups excluding carboxylic acids is 1. The molecule has 1 aromatic carbocycles. The van der Waals surface area contributed by atoms with Gasteiger partial charge in [0.25, 0.3) is 0 Å². The molecule has 0 radical (unpaired) electrons. The molecule has 1 unspecified atom stereocenters. The maximum Gasteiger partial charge on any atom is 0.323 e. The van der Waals surface area contributed by atoms with Crippen LogP contribution in [0, 0.1) is 0 Å². The largest absolute Gasteiger partial charge is 0.468 e. The van der Waals surface area contributed by atoms with Gasteiger partial charge in [0.05, 0.1) is 24.7 Å². The Morgan fingerprint density at radius 2 is 2.17 bits per heavy atom. The summed E-state index contributed by atoms with van der Waals surface area (Å²) in [7, 11) is 1.31. The van der Waals surface area contributed by atoms with Crippen molar-refractivity contribution in [3.63, 3.8) is 0 Å². The van der Waals surface area contributed by atoms with Gasteiger partial charge in [0.15, 0.2) is 0 Å². The van der Waals surface area contributed by atoms with Crippen molar-refractivity contribution in [2.24, 2.45) is 5.73 Å². The summed E-state index contributed by atoms with van der Waals surface area (Å²) in [5.74, 6) is -0.454. The van der Waals surface area contributed by atoms with E-state index in [9.17, 15) is 4.79 Å². The van der Waals surface area contributed by atoms with Gasteiger partial charge in [-0.15, -0.1) is 5.10 Å². The van der Waals surface area contributed by atoms with Gasteiger partial charge in [-0.05, 0) is 12.1 Å². The minimum absolute atomic E-state index is 0.305. The van der Waals surface area contributed by atoms with E-state index in [0.717, 1.165) is 5.69 Å². The predicted octanol–water partition coefficient (Wildman–Crippen LogP) is 0.310. The fourth-order valence-corrected chi connectivity index (χ4v) is 1.56. The highest BCUT2D eigenvalue weighted by Gasteiger charge is 2.16. The average Bonchev–Trinajstić information content (AvgIpc) is 2.87. The lowest BCUT2D eigenvalue weighted by atomic mass is 10.2. The van der Waals surface area contributed by atoms with Crippen molar-refractivity contribution >= 4 is 5.97 Å². The Bertz CT molecular complexity index is 524. The molecule has 1 atom stereocenters. The number of nitrogens with zero attached hydrogens (tertiary/aromatic N) is 3. The van der Waals surface area contributed by atoms with Gasteiger partial charge in [-0.3, -0.25) is 4.79 Å². The lowest BCUT2D eigenvalue weighted by Gasteiger charge is -2.05. The van der Waals surface area contributed by atoms with E-state index in [1.807, 2.05) is 30.3 Å². The van der Waals surface area contributed by atoms with Crippen LogP contribution >= 0.6 is 0 Å². The Balaban J connectivity index is 2.09. The Kier molecular flexibility index (Phi) is 3.69. The van der Waals surface area contributed by atoms with Crippen LogP contribution in [0.3, 0.4) is 0 Å². The third kappa shape index (κ3) is 2.72. The minimum atomic E-state index is -0.712. The molecule has 0 bridgehead atoms. The van der Waals surface area contributed by atoms with Gasteiger partial charge in [-0.2, -0.15) is 0 Å². The molecule has 0 fully saturated rings. The van der Waals surface area contributed by atoms with Gasteiger partial charge in [0, 0.05) is 6.42 Å². The first-order valence-corrected chi connectivity index (χ1v) is 5.51. The second-order valence-corrected chi connectivity index (χ2v) is 3.82. The zero-order chi connectivity index (χ0) is 13.0. The van der Waals surface area contributed by atoms with Crippen LogP contribution in [0.5, 0.6) is 0 Å². The predicted molar refractivity (Wildman–Crippen MR) is 65.1 cm³/mol. The molecular weight excluding hydrogens is 232 g/mol. The van der Waals surface area contributed by atoms with Crippen LogP contribution in [0.1, 0.15) is 5.69 Å². The second kappa shape index (κ2) is 5.42. The molecule has 1 heterocycles. The van der Waals surface area contributed by atoms with Gasteiger partial charge in [0.1, 0.15) is 6.04 Å². The zero-order valence-corrected chi connectivity index (χ0v) is 9.98. The van der Waals surface area contributed by atoms with Crippen molar-refractivity contribution in [2.45, 2.75) is 12.5 Å². The van der Waals surface area contributed by atoms with Crippen LogP contribution in [0.15, 0.2) is 36.5 Å². The lowest BCUT2D eigenvalue weighted by molar-refractivity contribution is -0.142. The Morgan fingerprint density at radius 1 is 1.44 bits per heavy atom. The van der Waals surface area contributed by atoms with E-state index < -0.39 is 12.0 Å². The second-order valence-electron chi connectivity index (χ2n) is 3.82. The van der Waals surface area contributed by atoms with Crippen molar-refractivity contribution < 1.29 is 9.53 Å². The van der Waals surface area contributed by atoms with Crippen LogP contribution in [-0.4, -0.2) is 34.1 Å². The molecule has 6 nitrogen and oxygen atoms in total. The highest BCUT2D eigenvalue weighted by Crippen LogP contribution is 2.06. The molecule has 2 aromatic rings. The number of carbonyl (C=O) groups is 1. The number of hydrogen-bond acceptors (Lipinski definition) is 5. The zero-order valence-electron chi connectivity index (χ0n) is 9.98.